The highest BCUT2D eigenvalue weighted by molar-refractivity contribution is 7.91. The Balaban J connectivity index is 1.73. The van der Waals surface area contributed by atoms with E-state index in [1.54, 1.807) is 18.6 Å². The molecule has 0 bridgehead atoms. The van der Waals surface area contributed by atoms with Gasteiger partial charge >= 0.3 is 0 Å². The van der Waals surface area contributed by atoms with Crippen molar-refractivity contribution in [2.75, 3.05) is 6.54 Å². The van der Waals surface area contributed by atoms with Gasteiger partial charge in [0.1, 0.15) is 4.21 Å². The molecule has 19 heavy (non-hydrogen) atoms. The molecule has 0 aromatic carbocycles. The van der Waals surface area contributed by atoms with Crippen LogP contribution in [0.5, 0.6) is 0 Å². The van der Waals surface area contributed by atoms with Gasteiger partial charge in [0.25, 0.3) is 0 Å². The highest BCUT2D eigenvalue weighted by Crippen LogP contribution is 2.25. The van der Waals surface area contributed by atoms with Crippen molar-refractivity contribution in [3.63, 3.8) is 0 Å². The smallest absolute Gasteiger partial charge is 0.250 e. The van der Waals surface area contributed by atoms with Crippen LogP contribution < -0.4 is 4.72 Å². The molecule has 104 valence electrons. The fourth-order valence-corrected chi connectivity index (χ4v) is 4.16. The van der Waals surface area contributed by atoms with E-state index in [2.05, 4.69) is 9.71 Å². The van der Waals surface area contributed by atoms with Crippen LogP contribution in [-0.2, 0) is 16.6 Å². The third kappa shape index (κ3) is 4.31. The van der Waals surface area contributed by atoms with Crippen molar-refractivity contribution in [1.29, 1.82) is 0 Å². The maximum absolute atomic E-state index is 11.9. The summed E-state index contributed by atoms with van der Waals surface area (Å²) in [5, 5.41) is 0. The molecule has 0 atom stereocenters. The first kappa shape index (κ1) is 14.5. The number of nitrogens with one attached hydrogen (secondary N) is 1. The topological polar surface area (TPSA) is 64.0 Å². The van der Waals surface area contributed by atoms with Crippen molar-refractivity contribution < 1.29 is 8.42 Å². The van der Waals surface area contributed by atoms with Gasteiger partial charge in [-0.25, -0.2) is 18.1 Å². The number of nitrogens with zero attached hydrogens (tertiary/aromatic N) is 2. The first-order valence-corrected chi connectivity index (χ1v) is 8.46. The maximum atomic E-state index is 11.9. The third-order valence-corrected chi connectivity index (χ3v) is 5.69. The summed E-state index contributed by atoms with van der Waals surface area (Å²) in [6.45, 7) is 1.26. The predicted molar refractivity (Wildman–Crippen MR) is 76.0 cm³/mol. The van der Waals surface area contributed by atoms with Crippen molar-refractivity contribution in [2.45, 2.75) is 23.6 Å². The van der Waals surface area contributed by atoms with E-state index >= 15 is 0 Å². The van der Waals surface area contributed by atoms with Gasteiger partial charge in [0, 0.05) is 25.5 Å². The molecule has 0 aliphatic carbocycles. The van der Waals surface area contributed by atoms with E-state index in [1.807, 2.05) is 10.8 Å². The Labute approximate surface area is 121 Å². The van der Waals surface area contributed by atoms with E-state index in [1.165, 1.54) is 6.07 Å². The standard InChI is InChI=1S/C11H14ClN3O2S2/c12-10-3-4-11(18-10)19(16,17)14-5-1-2-7-15-8-6-13-9-15/h3-4,6,8-9,14H,1-2,5,7H2. The summed E-state index contributed by atoms with van der Waals surface area (Å²) in [5.74, 6) is 0. The zero-order valence-corrected chi connectivity index (χ0v) is 12.5. The van der Waals surface area contributed by atoms with Gasteiger partial charge in [0.2, 0.25) is 10.0 Å². The van der Waals surface area contributed by atoms with Gasteiger partial charge in [-0.1, -0.05) is 11.6 Å². The van der Waals surface area contributed by atoms with Crippen LogP contribution in [0.25, 0.3) is 0 Å². The van der Waals surface area contributed by atoms with Gasteiger partial charge in [-0.3, -0.25) is 0 Å². The molecule has 0 saturated heterocycles. The van der Waals surface area contributed by atoms with Crippen LogP contribution in [0.2, 0.25) is 4.34 Å². The number of rotatable bonds is 7. The molecule has 2 heterocycles. The van der Waals surface area contributed by atoms with Crippen LogP contribution in [-0.4, -0.2) is 24.5 Å². The highest BCUT2D eigenvalue weighted by atomic mass is 35.5. The summed E-state index contributed by atoms with van der Waals surface area (Å²) in [5.41, 5.74) is 0. The molecule has 0 spiro atoms. The quantitative estimate of drug-likeness (QED) is 0.797. The molecule has 8 heteroatoms. The molecular formula is C11H14ClN3O2S2. The van der Waals surface area contributed by atoms with Gasteiger partial charge in [-0.15, -0.1) is 11.3 Å². The number of thiophene rings is 1. The monoisotopic (exact) mass is 319 g/mol. The summed E-state index contributed by atoms with van der Waals surface area (Å²) in [7, 11) is -3.41. The van der Waals surface area contributed by atoms with Crippen LogP contribution in [0.1, 0.15) is 12.8 Å². The van der Waals surface area contributed by atoms with E-state index < -0.39 is 10.0 Å². The minimum Gasteiger partial charge on any atom is -0.337 e. The van der Waals surface area contributed by atoms with Gasteiger partial charge in [0.05, 0.1) is 10.7 Å². The SMILES string of the molecule is O=S(=O)(NCCCCn1ccnc1)c1ccc(Cl)s1. The minimum absolute atomic E-state index is 0.257. The molecule has 0 radical (unpaired) electrons. The van der Waals surface area contributed by atoms with Crippen molar-refractivity contribution in [3.8, 4) is 0 Å². The summed E-state index contributed by atoms with van der Waals surface area (Å²) >= 11 is 6.78. The van der Waals surface area contributed by atoms with Crippen LogP contribution in [0.4, 0.5) is 0 Å². The number of halogens is 1. The Kier molecular flexibility index (Phi) is 4.98. The number of hydrogen-bond acceptors (Lipinski definition) is 4. The lowest BCUT2D eigenvalue weighted by atomic mass is 10.3. The molecule has 0 aliphatic rings. The first-order chi connectivity index (χ1) is 9.08. The summed E-state index contributed by atoms with van der Waals surface area (Å²) in [4.78, 5) is 3.94. The second kappa shape index (κ2) is 6.51. The second-order valence-corrected chi connectivity index (χ2v) is 7.67. The van der Waals surface area contributed by atoms with E-state index in [4.69, 9.17) is 11.6 Å². The van der Waals surface area contributed by atoms with Gasteiger partial charge in [0.15, 0.2) is 0 Å². The Morgan fingerprint density at radius 1 is 1.37 bits per heavy atom. The fraction of sp³-hybridized carbons (Fsp3) is 0.364. The molecule has 0 unspecified atom stereocenters. The van der Waals surface area contributed by atoms with Crippen LogP contribution in [0.3, 0.4) is 0 Å². The van der Waals surface area contributed by atoms with Gasteiger partial charge in [-0.2, -0.15) is 0 Å². The average Bonchev–Trinajstić information content (AvgIpc) is 3.00. The normalized spacial score (nSPS) is 11.8. The second-order valence-electron chi connectivity index (χ2n) is 3.96. The summed E-state index contributed by atoms with van der Waals surface area (Å²) in [6, 6.07) is 3.10. The molecule has 5 nitrogen and oxygen atoms in total. The Hall–Kier alpha value is -0.890. The minimum atomic E-state index is -3.41. The number of sulfonamides is 1. The fourth-order valence-electron chi connectivity index (χ4n) is 1.56. The van der Waals surface area contributed by atoms with Crippen molar-refractivity contribution in [2.24, 2.45) is 0 Å². The molecule has 2 rings (SSSR count). The highest BCUT2D eigenvalue weighted by Gasteiger charge is 2.15. The number of aryl methyl sites for hydroxylation is 1. The maximum Gasteiger partial charge on any atom is 0.250 e. The molecule has 2 aromatic heterocycles. The lowest BCUT2D eigenvalue weighted by Gasteiger charge is -2.05. The molecule has 0 amide bonds. The van der Waals surface area contributed by atoms with Crippen LogP contribution >= 0.6 is 22.9 Å². The van der Waals surface area contributed by atoms with Crippen LogP contribution in [0.15, 0.2) is 35.1 Å². The lowest BCUT2D eigenvalue weighted by molar-refractivity contribution is 0.567. The average molecular weight is 320 g/mol. The van der Waals surface area contributed by atoms with Crippen molar-refractivity contribution >= 4 is 33.0 Å². The van der Waals surface area contributed by atoms with E-state index in [9.17, 15) is 8.42 Å². The van der Waals surface area contributed by atoms with Crippen LogP contribution in [0, 0.1) is 0 Å². The van der Waals surface area contributed by atoms with E-state index in [0.29, 0.717) is 10.9 Å². The molecule has 0 aliphatic heterocycles. The Morgan fingerprint density at radius 2 is 2.21 bits per heavy atom. The molecular weight excluding hydrogens is 306 g/mol. The van der Waals surface area contributed by atoms with Crippen molar-refractivity contribution in [3.05, 3.63) is 35.2 Å². The lowest BCUT2D eigenvalue weighted by Crippen LogP contribution is -2.24. The number of aromatic nitrogens is 2. The molecule has 2 aromatic rings. The number of imidazole rings is 1. The zero-order valence-electron chi connectivity index (χ0n) is 10.1. The van der Waals surface area contributed by atoms with Crippen molar-refractivity contribution in [1.82, 2.24) is 14.3 Å². The predicted octanol–water partition coefficient (Wildman–Crippen LogP) is 2.36. The molecule has 0 saturated carbocycles. The number of hydrogen-bond donors (Lipinski definition) is 1. The zero-order chi connectivity index (χ0) is 13.7. The van der Waals surface area contributed by atoms with E-state index in [-0.39, 0.29) is 4.21 Å². The Bertz CT molecular complexity index is 608. The third-order valence-electron chi connectivity index (χ3n) is 2.51. The molecule has 1 N–H and O–H groups in total. The largest absolute Gasteiger partial charge is 0.337 e. The summed E-state index contributed by atoms with van der Waals surface area (Å²) < 4.78 is 29.0. The first-order valence-electron chi connectivity index (χ1n) is 5.79. The number of unbranched alkanes of at least 4 members (excludes halogenated alkanes) is 1. The van der Waals surface area contributed by atoms with Gasteiger partial charge < -0.3 is 4.57 Å². The van der Waals surface area contributed by atoms with E-state index in [0.717, 1.165) is 30.7 Å². The van der Waals surface area contributed by atoms with Gasteiger partial charge in [-0.05, 0) is 25.0 Å². The molecule has 0 fully saturated rings. The summed E-state index contributed by atoms with van der Waals surface area (Å²) in [6.07, 6.45) is 7.03. The Morgan fingerprint density at radius 3 is 2.84 bits per heavy atom.